The molecule has 0 aliphatic carbocycles. The molecule has 0 saturated heterocycles. The zero-order valence-corrected chi connectivity index (χ0v) is 14.5. The number of fused-ring (bicyclic) bond motifs is 1. The average Bonchev–Trinajstić information content (AvgIpc) is 2.58. The van der Waals surface area contributed by atoms with Crippen LogP contribution in [0.4, 0.5) is 5.69 Å². The first kappa shape index (κ1) is 16.3. The maximum atomic E-state index is 12.5. The van der Waals surface area contributed by atoms with Gasteiger partial charge in [-0.15, -0.1) is 0 Å². The van der Waals surface area contributed by atoms with Crippen molar-refractivity contribution in [3.63, 3.8) is 0 Å². The second-order valence-corrected chi connectivity index (χ2v) is 6.15. The van der Waals surface area contributed by atoms with Gasteiger partial charge in [-0.05, 0) is 47.1 Å². The van der Waals surface area contributed by atoms with E-state index in [9.17, 15) is 9.59 Å². The van der Waals surface area contributed by atoms with Gasteiger partial charge in [-0.1, -0.05) is 24.3 Å². The minimum atomic E-state index is -0.410. The van der Waals surface area contributed by atoms with Crippen LogP contribution in [0.15, 0.2) is 53.0 Å². The molecule has 0 bridgehead atoms. The third kappa shape index (κ3) is 3.35. The second kappa shape index (κ2) is 6.92. The quantitative estimate of drug-likeness (QED) is 0.843. The Morgan fingerprint density at radius 3 is 2.75 bits per heavy atom. The van der Waals surface area contributed by atoms with Crippen LogP contribution in [0, 0.1) is 0 Å². The molecule has 2 aromatic carbocycles. The first-order chi connectivity index (χ1) is 11.6. The molecule has 1 aliphatic rings. The predicted molar refractivity (Wildman–Crippen MR) is 93.5 cm³/mol. The third-order valence-corrected chi connectivity index (χ3v) is 4.22. The highest BCUT2D eigenvalue weighted by Gasteiger charge is 2.30. The molecule has 1 unspecified atom stereocenters. The Hall–Kier alpha value is -2.54. The molecule has 3 rings (SSSR count). The molecule has 0 spiro atoms. The van der Waals surface area contributed by atoms with E-state index in [0.717, 1.165) is 10.2 Å². The number of benzene rings is 2. The Labute approximate surface area is 147 Å². The summed E-state index contributed by atoms with van der Waals surface area (Å²) in [5.74, 6) is -0.104. The van der Waals surface area contributed by atoms with Crippen LogP contribution >= 0.6 is 15.9 Å². The number of carbonyl (C=O) groups is 2. The number of ether oxygens (including phenoxy) is 1. The first-order valence-electron chi connectivity index (χ1n) is 7.42. The lowest BCUT2D eigenvalue weighted by molar-refractivity contribution is -0.127. The number of anilines is 1. The Balaban J connectivity index is 1.64. The Morgan fingerprint density at radius 1 is 1.25 bits per heavy atom. The summed E-state index contributed by atoms with van der Waals surface area (Å²) in [6, 6.07) is 14.4. The number of hydrogen-bond donors (Lipinski definition) is 2. The van der Waals surface area contributed by atoms with Crippen molar-refractivity contribution in [3.05, 3.63) is 58.6 Å². The van der Waals surface area contributed by atoms with Gasteiger partial charge < -0.3 is 10.1 Å². The number of hydrogen-bond acceptors (Lipinski definition) is 4. The predicted octanol–water partition coefficient (Wildman–Crippen LogP) is 2.77. The molecule has 1 heterocycles. The molecule has 0 aromatic heterocycles. The van der Waals surface area contributed by atoms with E-state index in [1.165, 1.54) is 5.01 Å². The third-order valence-electron chi connectivity index (χ3n) is 3.57. The molecule has 0 radical (unpaired) electrons. The van der Waals surface area contributed by atoms with Crippen LogP contribution in [0.5, 0.6) is 5.75 Å². The summed E-state index contributed by atoms with van der Waals surface area (Å²) >= 11 is 3.35. The summed E-state index contributed by atoms with van der Waals surface area (Å²) in [6.45, 7) is 1.60. The fourth-order valence-corrected chi connectivity index (χ4v) is 2.81. The van der Waals surface area contributed by atoms with Crippen molar-refractivity contribution in [2.45, 2.75) is 13.1 Å². The van der Waals surface area contributed by atoms with Gasteiger partial charge in [0.1, 0.15) is 11.9 Å². The van der Waals surface area contributed by atoms with Crippen molar-refractivity contribution < 1.29 is 14.3 Å². The van der Waals surface area contributed by atoms with Crippen molar-refractivity contribution in [1.29, 1.82) is 0 Å². The number of hydrazine groups is 1. The topological polar surface area (TPSA) is 70.7 Å². The van der Waals surface area contributed by atoms with E-state index < -0.39 is 5.91 Å². The standard InChI is InChI=1S/C17H16BrN3O3/c1-11-19-14-8-4-2-6-12(14)17(23)21(11)20-16(22)10-24-15-9-5-3-7-13(15)18/h2-9,11,19H,10H2,1H3,(H,20,22). The number of para-hydroxylation sites is 2. The molecule has 24 heavy (non-hydrogen) atoms. The fourth-order valence-electron chi connectivity index (χ4n) is 2.41. The molecule has 1 aliphatic heterocycles. The number of nitrogens with one attached hydrogen (secondary N) is 2. The van der Waals surface area contributed by atoms with Crippen LogP contribution in [-0.4, -0.2) is 29.6 Å². The van der Waals surface area contributed by atoms with Gasteiger partial charge in [-0.2, -0.15) is 0 Å². The Kier molecular flexibility index (Phi) is 4.71. The van der Waals surface area contributed by atoms with Crippen LogP contribution in [0.3, 0.4) is 0 Å². The molecule has 0 fully saturated rings. The Bertz CT molecular complexity index is 781. The van der Waals surface area contributed by atoms with Gasteiger partial charge in [0.25, 0.3) is 11.8 Å². The second-order valence-electron chi connectivity index (χ2n) is 5.30. The maximum absolute atomic E-state index is 12.5. The van der Waals surface area contributed by atoms with Gasteiger partial charge in [0.05, 0.1) is 10.0 Å². The van der Waals surface area contributed by atoms with Gasteiger partial charge in [0, 0.05) is 5.69 Å². The van der Waals surface area contributed by atoms with E-state index >= 15 is 0 Å². The smallest absolute Gasteiger partial charge is 0.276 e. The molecule has 6 nitrogen and oxygen atoms in total. The molecule has 0 saturated carbocycles. The summed E-state index contributed by atoms with van der Waals surface area (Å²) in [7, 11) is 0. The lowest BCUT2D eigenvalue weighted by Crippen LogP contribution is -2.56. The molecule has 2 aromatic rings. The molecule has 2 N–H and O–H groups in total. The zero-order valence-electron chi connectivity index (χ0n) is 13.0. The largest absolute Gasteiger partial charge is 0.483 e. The minimum Gasteiger partial charge on any atom is -0.483 e. The van der Waals surface area contributed by atoms with E-state index in [-0.39, 0.29) is 18.7 Å². The number of rotatable bonds is 4. The lowest BCUT2D eigenvalue weighted by atomic mass is 10.1. The minimum absolute atomic E-state index is 0.194. The summed E-state index contributed by atoms with van der Waals surface area (Å²) in [4.78, 5) is 24.6. The lowest BCUT2D eigenvalue weighted by Gasteiger charge is -2.35. The zero-order chi connectivity index (χ0) is 17.1. The number of carbonyl (C=O) groups excluding carboxylic acids is 2. The average molecular weight is 390 g/mol. The van der Waals surface area contributed by atoms with E-state index in [1.807, 2.05) is 30.3 Å². The van der Waals surface area contributed by atoms with E-state index in [4.69, 9.17) is 4.74 Å². The van der Waals surface area contributed by atoms with Crippen molar-refractivity contribution in [1.82, 2.24) is 10.4 Å². The van der Waals surface area contributed by atoms with Crippen LogP contribution in [0.25, 0.3) is 0 Å². The molecular formula is C17H16BrN3O3. The van der Waals surface area contributed by atoms with Gasteiger partial charge in [0.15, 0.2) is 6.61 Å². The monoisotopic (exact) mass is 389 g/mol. The van der Waals surface area contributed by atoms with E-state index in [2.05, 4.69) is 26.7 Å². The molecular weight excluding hydrogens is 374 g/mol. The van der Waals surface area contributed by atoms with Gasteiger partial charge >= 0.3 is 0 Å². The fraction of sp³-hybridized carbons (Fsp3) is 0.176. The summed E-state index contributed by atoms with van der Waals surface area (Å²) in [5, 5.41) is 4.44. The number of nitrogens with zero attached hydrogens (tertiary/aromatic N) is 1. The summed E-state index contributed by atoms with van der Waals surface area (Å²) in [5.41, 5.74) is 3.86. The highest BCUT2D eigenvalue weighted by atomic mass is 79.9. The summed E-state index contributed by atoms with van der Waals surface area (Å²) in [6.07, 6.45) is -0.361. The van der Waals surface area contributed by atoms with Crippen molar-refractivity contribution in [3.8, 4) is 5.75 Å². The van der Waals surface area contributed by atoms with Crippen LogP contribution in [-0.2, 0) is 4.79 Å². The SMILES string of the molecule is CC1Nc2ccccc2C(=O)N1NC(=O)COc1ccccc1Br. The molecule has 124 valence electrons. The van der Waals surface area contributed by atoms with Gasteiger partial charge in [-0.3, -0.25) is 15.0 Å². The molecule has 2 amide bonds. The Morgan fingerprint density at radius 2 is 1.96 bits per heavy atom. The number of amides is 2. The summed E-state index contributed by atoms with van der Waals surface area (Å²) < 4.78 is 6.22. The molecule has 7 heteroatoms. The van der Waals surface area contributed by atoms with Gasteiger partial charge in [0.2, 0.25) is 0 Å². The van der Waals surface area contributed by atoms with Crippen LogP contribution < -0.4 is 15.5 Å². The highest BCUT2D eigenvalue weighted by molar-refractivity contribution is 9.10. The number of halogens is 1. The van der Waals surface area contributed by atoms with Crippen molar-refractivity contribution in [2.24, 2.45) is 0 Å². The van der Waals surface area contributed by atoms with Crippen LogP contribution in [0.2, 0.25) is 0 Å². The maximum Gasteiger partial charge on any atom is 0.276 e. The van der Waals surface area contributed by atoms with Crippen molar-refractivity contribution in [2.75, 3.05) is 11.9 Å². The van der Waals surface area contributed by atoms with E-state index in [0.29, 0.717) is 11.3 Å². The normalized spacial score (nSPS) is 16.2. The van der Waals surface area contributed by atoms with Crippen LogP contribution in [0.1, 0.15) is 17.3 Å². The first-order valence-corrected chi connectivity index (χ1v) is 8.21. The van der Waals surface area contributed by atoms with Gasteiger partial charge in [-0.25, -0.2) is 5.01 Å². The molecule has 1 atom stereocenters. The van der Waals surface area contributed by atoms with E-state index in [1.54, 1.807) is 25.1 Å². The van der Waals surface area contributed by atoms with Crippen molar-refractivity contribution >= 4 is 33.4 Å². The highest BCUT2D eigenvalue weighted by Crippen LogP contribution is 2.24.